The third-order valence-electron chi connectivity index (χ3n) is 6.41. The third-order valence-corrected chi connectivity index (χ3v) is 6.41. The first-order valence-corrected chi connectivity index (χ1v) is 11.3. The molecule has 5 aromatic carbocycles. The van der Waals surface area contributed by atoms with Crippen LogP contribution in [0.15, 0.2) is 127 Å². The molecule has 5 aromatic rings. The van der Waals surface area contributed by atoms with Gasteiger partial charge < -0.3 is 9.80 Å². The summed E-state index contributed by atoms with van der Waals surface area (Å²) in [5.41, 5.74) is 10.8. The molecule has 0 aliphatic carbocycles. The fourth-order valence-corrected chi connectivity index (χ4v) is 4.86. The fraction of sp³-hybridized carbons (Fsp3) is 0.0323. The summed E-state index contributed by atoms with van der Waals surface area (Å²) >= 11 is 0. The first-order valence-electron chi connectivity index (χ1n) is 11.3. The van der Waals surface area contributed by atoms with E-state index in [1.54, 1.807) is 0 Å². The molecular formula is C31H24N2. The molecule has 0 saturated carbocycles. The van der Waals surface area contributed by atoms with Crippen LogP contribution in [0.2, 0.25) is 0 Å². The van der Waals surface area contributed by atoms with Gasteiger partial charge in [-0.1, -0.05) is 91.0 Å². The molecule has 0 aromatic heterocycles. The average Bonchev–Trinajstić information content (AvgIpc) is 3.02. The molecule has 0 radical (unpaired) electrons. The Kier molecular flexibility index (Phi) is 4.70. The Morgan fingerprint density at radius 3 is 1.76 bits per heavy atom. The summed E-state index contributed by atoms with van der Waals surface area (Å²) in [5, 5.41) is 0. The van der Waals surface area contributed by atoms with Gasteiger partial charge in [0, 0.05) is 29.5 Å². The Morgan fingerprint density at radius 2 is 1.03 bits per heavy atom. The van der Waals surface area contributed by atoms with Gasteiger partial charge in [0.25, 0.3) is 0 Å². The minimum atomic E-state index is 1.15. The van der Waals surface area contributed by atoms with Crippen LogP contribution in [0.4, 0.5) is 28.4 Å². The van der Waals surface area contributed by atoms with Crippen molar-refractivity contribution in [3.05, 3.63) is 127 Å². The van der Waals surface area contributed by atoms with E-state index in [0.29, 0.717) is 0 Å². The van der Waals surface area contributed by atoms with Crippen LogP contribution in [-0.4, -0.2) is 7.05 Å². The second-order valence-electron chi connectivity index (χ2n) is 8.30. The van der Waals surface area contributed by atoms with Gasteiger partial charge in [-0.15, -0.1) is 0 Å². The van der Waals surface area contributed by atoms with Gasteiger partial charge in [-0.2, -0.15) is 0 Å². The van der Waals surface area contributed by atoms with E-state index in [0.717, 1.165) is 17.1 Å². The van der Waals surface area contributed by atoms with Crippen LogP contribution in [-0.2, 0) is 0 Å². The second kappa shape index (κ2) is 7.99. The van der Waals surface area contributed by atoms with Crippen molar-refractivity contribution >= 4 is 28.4 Å². The highest BCUT2D eigenvalue weighted by Gasteiger charge is 2.28. The summed E-state index contributed by atoms with van der Waals surface area (Å²) in [5.74, 6) is 0. The third kappa shape index (κ3) is 3.19. The molecule has 1 aliphatic heterocycles. The van der Waals surface area contributed by atoms with Crippen molar-refractivity contribution < 1.29 is 0 Å². The Hall–Kier alpha value is -4.30. The van der Waals surface area contributed by atoms with E-state index in [1.165, 1.54) is 33.6 Å². The summed E-state index contributed by atoms with van der Waals surface area (Å²) in [6.07, 6.45) is 0. The minimum Gasteiger partial charge on any atom is -0.343 e. The molecule has 158 valence electrons. The van der Waals surface area contributed by atoms with Crippen molar-refractivity contribution in [2.75, 3.05) is 16.8 Å². The summed E-state index contributed by atoms with van der Waals surface area (Å²) in [6, 6.07) is 45.3. The van der Waals surface area contributed by atoms with E-state index in [4.69, 9.17) is 0 Å². The van der Waals surface area contributed by atoms with Crippen LogP contribution < -0.4 is 9.80 Å². The predicted octanol–water partition coefficient (Wildman–Crippen LogP) is 8.57. The number of hydrogen-bond donors (Lipinski definition) is 0. The zero-order chi connectivity index (χ0) is 22.2. The van der Waals surface area contributed by atoms with Crippen LogP contribution in [0.3, 0.4) is 0 Å². The van der Waals surface area contributed by atoms with Gasteiger partial charge in [0.1, 0.15) is 0 Å². The lowest BCUT2D eigenvalue weighted by Crippen LogP contribution is -2.17. The maximum absolute atomic E-state index is 2.42. The molecule has 1 heterocycles. The Bertz CT molecular complexity index is 1420. The van der Waals surface area contributed by atoms with Crippen molar-refractivity contribution in [1.82, 2.24) is 0 Å². The molecule has 0 N–H and O–H groups in total. The normalized spacial score (nSPS) is 11.7. The van der Waals surface area contributed by atoms with Crippen LogP contribution in [0.25, 0.3) is 22.3 Å². The highest BCUT2D eigenvalue weighted by molar-refractivity contribution is 6.06. The number of nitrogens with zero attached hydrogens (tertiary/aromatic N) is 2. The smallest absolute Gasteiger partial charge is 0.0778 e. The maximum atomic E-state index is 2.42. The van der Waals surface area contributed by atoms with Crippen LogP contribution in [0.5, 0.6) is 0 Å². The minimum absolute atomic E-state index is 1.15. The number of rotatable bonds is 3. The Labute approximate surface area is 195 Å². The SMILES string of the molecule is CN(c1ccccc1)c1cccc2c1N(c1ccccc1)c1ccccc1-c1ccccc1-2. The molecule has 0 bridgehead atoms. The number of para-hydroxylation sites is 4. The molecule has 1 aliphatic rings. The molecular weight excluding hydrogens is 400 g/mol. The number of benzene rings is 5. The molecule has 0 unspecified atom stereocenters. The summed E-state index contributed by atoms with van der Waals surface area (Å²) in [6.45, 7) is 0. The lowest BCUT2D eigenvalue weighted by Gasteiger charge is -2.32. The predicted molar refractivity (Wildman–Crippen MR) is 140 cm³/mol. The van der Waals surface area contributed by atoms with Crippen LogP contribution in [0, 0.1) is 0 Å². The van der Waals surface area contributed by atoms with E-state index in [-0.39, 0.29) is 0 Å². The Morgan fingerprint density at radius 1 is 0.485 bits per heavy atom. The first kappa shape index (κ1) is 19.4. The van der Waals surface area contributed by atoms with Crippen molar-refractivity contribution in [1.29, 1.82) is 0 Å². The molecule has 2 heteroatoms. The van der Waals surface area contributed by atoms with Gasteiger partial charge in [0.15, 0.2) is 0 Å². The largest absolute Gasteiger partial charge is 0.343 e. The topological polar surface area (TPSA) is 6.48 Å². The fourth-order valence-electron chi connectivity index (χ4n) is 4.86. The number of anilines is 5. The van der Waals surface area contributed by atoms with Crippen molar-refractivity contribution in [2.24, 2.45) is 0 Å². The van der Waals surface area contributed by atoms with E-state index in [1.807, 2.05) is 0 Å². The molecule has 0 spiro atoms. The molecule has 2 nitrogen and oxygen atoms in total. The summed E-state index contributed by atoms with van der Waals surface area (Å²) < 4.78 is 0. The van der Waals surface area contributed by atoms with Gasteiger partial charge in [-0.3, -0.25) is 0 Å². The Balaban J connectivity index is 1.72. The molecule has 0 atom stereocenters. The van der Waals surface area contributed by atoms with Crippen LogP contribution >= 0.6 is 0 Å². The molecule has 33 heavy (non-hydrogen) atoms. The summed E-state index contributed by atoms with van der Waals surface area (Å²) in [4.78, 5) is 4.70. The lowest BCUT2D eigenvalue weighted by molar-refractivity contribution is 1.18. The van der Waals surface area contributed by atoms with Crippen molar-refractivity contribution in [3.8, 4) is 22.3 Å². The maximum Gasteiger partial charge on any atom is 0.0778 e. The molecule has 0 saturated heterocycles. The molecule has 6 rings (SSSR count). The van der Waals surface area contributed by atoms with Gasteiger partial charge in [-0.05, 0) is 47.5 Å². The van der Waals surface area contributed by atoms with Gasteiger partial charge in [-0.25, -0.2) is 0 Å². The van der Waals surface area contributed by atoms with Crippen molar-refractivity contribution in [2.45, 2.75) is 0 Å². The number of fused-ring (bicyclic) bond motifs is 5. The van der Waals surface area contributed by atoms with E-state index in [9.17, 15) is 0 Å². The van der Waals surface area contributed by atoms with Gasteiger partial charge in [0.05, 0.1) is 17.1 Å². The second-order valence-corrected chi connectivity index (χ2v) is 8.30. The van der Waals surface area contributed by atoms with E-state index >= 15 is 0 Å². The zero-order valence-corrected chi connectivity index (χ0v) is 18.5. The van der Waals surface area contributed by atoms with Gasteiger partial charge >= 0.3 is 0 Å². The quantitative estimate of drug-likeness (QED) is 0.281. The van der Waals surface area contributed by atoms with Gasteiger partial charge in [0.2, 0.25) is 0 Å². The first-order chi connectivity index (χ1) is 16.3. The highest BCUT2D eigenvalue weighted by Crippen LogP contribution is 2.54. The van der Waals surface area contributed by atoms with Crippen molar-refractivity contribution in [3.63, 3.8) is 0 Å². The van der Waals surface area contributed by atoms with E-state index < -0.39 is 0 Å². The van der Waals surface area contributed by atoms with Crippen LogP contribution in [0.1, 0.15) is 0 Å². The average molecular weight is 425 g/mol. The van der Waals surface area contributed by atoms with E-state index in [2.05, 4.69) is 144 Å². The lowest BCUT2D eigenvalue weighted by atomic mass is 9.94. The summed E-state index contributed by atoms with van der Waals surface area (Å²) in [7, 11) is 2.15. The highest BCUT2D eigenvalue weighted by atomic mass is 15.2. The monoisotopic (exact) mass is 424 g/mol. The number of hydrogen-bond acceptors (Lipinski definition) is 2. The molecule has 0 amide bonds. The standard InChI is InChI=1S/C31H24N2/c1-32(23-13-4-2-5-14-23)30-22-12-20-28-26-18-9-8-17-25(26)27-19-10-11-21-29(27)33(31(28)30)24-15-6-3-7-16-24/h2-22H,1H3. The molecule has 0 fully saturated rings. The zero-order valence-electron chi connectivity index (χ0n) is 18.5.